The number of allylic oxidation sites excluding steroid dienone is 1. The lowest BCUT2D eigenvalue weighted by Crippen LogP contribution is -2.02. The smallest absolute Gasteiger partial charge is 0.305 e. The third kappa shape index (κ3) is 6.41. The van der Waals surface area contributed by atoms with Crippen LogP contribution in [0.4, 0.5) is 0 Å². The number of unbranched alkanes of at least 4 members (excludes halogenated alkanes) is 3. The number of benzene rings is 2. The Balaban J connectivity index is 1.68. The van der Waals surface area contributed by atoms with E-state index in [1.54, 1.807) is 0 Å². The average Bonchev–Trinajstić information content (AvgIpc) is 2.62. The van der Waals surface area contributed by atoms with Crippen molar-refractivity contribution in [3.63, 3.8) is 0 Å². The van der Waals surface area contributed by atoms with Gasteiger partial charge in [-0.25, -0.2) is 0 Å². The van der Waals surface area contributed by atoms with Crippen LogP contribution in [0.15, 0.2) is 60.7 Å². The van der Waals surface area contributed by atoms with Crippen molar-refractivity contribution in [2.45, 2.75) is 39.0 Å². The third-order valence-electron chi connectivity index (χ3n) is 3.89. The number of rotatable bonds is 9. The van der Waals surface area contributed by atoms with Crippen LogP contribution < -0.4 is 0 Å². The number of esters is 1. The minimum atomic E-state index is -0.0773. The van der Waals surface area contributed by atoms with Crippen molar-refractivity contribution in [2.24, 2.45) is 0 Å². The molecule has 24 heavy (non-hydrogen) atoms. The van der Waals surface area contributed by atoms with E-state index in [0.717, 1.165) is 25.7 Å². The van der Waals surface area contributed by atoms with Crippen molar-refractivity contribution in [1.82, 2.24) is 0 Å². The van der Waals surface area contributed by atoms with Crippen LogP contribution >= 0.6 is 0 Å². The number of carbonyl (C=O) groups excluding carboxylic acids is 1. The fraction of sp³-hybridized carbons (Fsp3) is 0.318. The molecule has 0 amide bonds. The first-order valence-electron chi connectivity index (χ1n) is 8.77. The molecule has 0 radical (unpaired) electrons. The van der Waals surface area contributed by atoms with E-state index in [1.807, 2.05) is 13.0 Å². The number of carbonyl (C=O) groups is 1. The summed E-state index contributed by atoms with van der Waals surface area (Å²) in [4.78, 5) is 11.2. The molecule has 0 aliphatic carbocycles. The Morgan fingerprint density at radius 1 is 0.917 bits per heavy atom. The van der Waals surface area contributed by atoms with Crippen LogP contribution in [0.25, 0.3) is 17.2 Å². The second-order valence-electron chi connectivity index (χ2n) is 5.79. The number of hydrogen-bond donors (Lipinski definition) is 0. The van der Waals surface area contributed by atoms with Crippen molar-refractivity contribution in [1.29, 1.82) is 0 Å². The molecule has 0 aromatic heterocycles. The summed E-state index contributed by atoms with van der Waals surface area (Å²) in [5.41, 5.74) is 3.71. The van der Waals surface area contributed by atoms with Gasteiger partial charge in [0.1, 0.15) is 0 Å². The molecule has 0 saturated heterocycles. The van der Waals surface area contributed by atoms with E-state index in [1.165, 1.54) is 16.7 Å². The van der Waals surface area contributed by atoms with Crippen molar-refractivity contribution in [3.8, 4) is 11.1 Å². The van der Waals surface area contributed by atoms with E-state index >= 15 is 0 Å². The van der Waals surface area contributed by atoms with Crippen molar-refractivity contribution >= 4 is 12.0 Å². The van der Waals surface area contributed by atoms with Crippen molar-refractivity contribution in [3.05, 3.63) is 66.2 Å². The Hall–Kier alpha value is -2.35. The lowest BCUT2D eigenvalue weighted by Gasteiger charge is -2.02. The first-order valence-corrected chi connectivity index (χ1v) is 8.77. The minimum Gasteiger partial charge on any atom is -0.466 e. The second-order valence-corrected chi connectivity index (χ2v) is 5.79. The molecule has 0 N–H and O–H groups in total. The fourth-order valence-electron chi connectivity index (χ4n) is 2.58. The topological polar surface area (TPSA) is 26.3 Å². The maximum absolute atomic E-state index is 11.2. The van der Waals surface area contributed by atoms with Gasteiger partial charge in [-0.1, -0.05) is 73.2 Å². The lowest BCUT2D eigenvalue weighted by atomic mass is 10.0. The molecule has 126 valence electrons. The molecule has 0 heterocycles. The van der Waals surface area contributed by atoms with Crippen LogP contribution in [0.5, 0.6) is 0 Å². The summed E-state index contributed by atoms with van der Waals surface area (Å²) < 4.78 is 4.92. The van der Waals surface area contributed by atoms with Gasteiger partial charge in [0.25, 0.3) is 0 Å². The highest BCUT2D eigenvalue weighted by Crippen LogP contribution is 2.19. The number of hydrogen-bond acceptors (Lipinski definition) is 2. The van der Waals surface area contributed by atoms with E-state index in [9.17, 15) is 4.79 Å². The first-order chi connectivity index (χ1) is 11.8. The van der Waals surface area contributed by atoms with Gasteiger partial charge in [0, 0.05) is 6.42 Å². The molecular formula is C22H26O2. The third-order valence-corrected chi connectivity index (χ3v) is 3.89. The van der Waals surface area contributed by atoms with Crippen LogP contribution in [0.1, 0.15) is 44.6 Å². The Morgan fingerprint density at radius 3 is 2.33 bits per heavy atom. The van der Waals surface area contributed by atoms with Gasteiger partial charge in [-0.2, -0.15) is 0 Å². The fourth-order valence-corrected chi connectivity index (χ4v) is 2.58. The monoisotopic (exact) mass is 322 g/mol. The quantitative estimate of drug-likeness (QED) is 0.425. The Kier molecular flexibility index (Phi) is 7.82. The van der Waals surface area contributed by atoms with Crippen molar-refractivity contribution in [2.75, 3.05) is 6.61 Å². The summed E-state index contributed by atoms with van der Waals surface area (Å²) >= 11 is 0. The van der Waals surface area contributed by atoms with Gasteiger partial charge in [-0.3, -0.25) is 4.79 Å². The molecule has 0 unspecified atom stereocenters. The molecule has 2 aromatic rings. The Labute approximate surface area is 145 Å². The summed E-state index contributed by atoms with van der Waals surface area (Å²) in [6, 6.07) is 19.0. The zero-order chi connectivity index (χ0) is 17.0. The molecule has 0 bridgehead atoms. The van der Waals surface area contributed by atoms with E-state index in [4.69, 9.17) is 4.74 Å². The molecule has 0 aliphatic heterocycles. The largest absolute Gasteiger partial charge is 0.466 e. The number of ether oxygens (including phenoxy) is 1. The van der Waals surface area contributed by atoms with Gasteiger partial charge >= 0.3 is 5.97 Å². The molecule has 0 fully saturated rings. The van der Waals surface area contributed by atoms with Gasteiger partial charge in [0.15, 0.2) is 0 Å². The van der Waals surface area contributed by atoms with Crippen LogP contribution in [-0.2, 0) is 9.53 Å². The molecule has 2 aromatic carbocycles. The molecule has 2 rings (SSSR count). The van der Waals surface area contributed by atoms with E-state index in [2.05, 4.69) is 60.7 Å². The summed E-state index contributed by atoms with van der Waals surface area (Å²) in [5.74, 6) is -0.0773. The minimum absolute atomic E-state index is 0.0773. The standard InChI is InChI=1S/C22H26O2/c1-2-24-22(23)14-10-5-3-4-7-11-19-15-17-21(18-16-19)20-12-8-6-9-13-20/h6-9,11-13,15-18H,2-5,10,14H2,1H3. The molecule has 0 spiro atoms. The molecule has 0 aliphatic rings. The normalized spacial score (nSPS) is 10.9. The average molecular weight is 322 g/mol. The predicted molar refractivity (Wildman–Crippen MR) is 101 cm³/mol. The van der Waals surface area contributed by atoms with E-state index < -0.39 is 0 Å². The second kappa shape index (κ2) is 10.4. The summed E-state index contributed by atoms with van der Waals surface area (Å²) in [6.45, 7) is 2.32. The van der Waals surface area contributed by atoms with Crippen LogP contribution in [0.2, 0.25) is 0 Å². The summed E-state index contributed by atoms with van der Waals surface area (Å²) in [6.07, 6.45) is 9.05. The Bertz CT molecular complexity index is 627. The van der Waals surface area contributed by atoms with Gasteiger partial charge < -0.3 is 4.74 Å². The lowest BCUT2D eigenvalue weighted by molar-refractivity contribution is -0.143. The Morgan fingerprint density at radius 2 is 1.62 bits per heavy atom. The highest BCUT2D eigenvalue weighted by Gasteiger charge is 2.00. The van der Waals surface area contributed by atoms with Crippen LogP contribution in [-0.4, -0.2) is 12.6 Å². The van der Waals surface area contributed by atoms with Gasteiger partial charge in [0.05, 0.1) is 6.61 Å². The zero-order valence-electron chi connectivity index (χ0n) is 14.4. The molecule has 0 saturated carbocycles. The SMILES string of the molecule is CCOC(=O)CCCCCC=Cc1ccc(-c2ccccc2)cc1. The summed E-state index contributed by atoms with van der Waals surface area (Å²) in [7, 11) is 0. The van der Waals surface area contributed by atoms with Gasteiger partial charge in [-0.05, 0) is 42.9 Å². The van der Waals surface area contributed by atoms with Crippen LogP contribution in [0.3, 0.4) is 0 Å². The van der Waals surface area contributed by atoms with Gasteiger partial charge in [0.2, 0.25) is 0 Å². The maximum atomic E-state index is 11.2. The molecule has 2 nitrogen and oxygen atoms in total. The van der Waals surface area contributed by atoms with E-state index in [-0.39, 0.29) is 5.97 Å². The van der Waals surface area contributed by atoms with Crippen molar-refractivity contribution < 1.29 is 9.53 Å². The highest BCUT2D eigenvalue weighted by molar-refractivity contribution is 5.69. The zero-order valence-corrected chi connectivity index (χ0v) is 14.4. The molecular weight excluding hydrogens is 296 g/mol. The van der Waals surface area contributed by atoms with Crippen LogP contribution in [0, 0.1) is 0 Å². The summed E-state index contributed by atoms with van der Waals surface area (Å²) in [5, 5.41) is 0. The van der Waals surface area contributed by atoms with E-state index in [0.29, 0.717) is 13.0 Å². The predicted octanol–water partition coefficient (Wildman–Crippen LogP) is 5.88. The maximum Gasteiger partial charge on any atom is 0.305 e. The molecule has 2 heteroatoms. The highest BCUT2D eigenvalue weighted by atomic mass is 16.5. The first kappa shape index (κ1) is 18.0. The van der Waals surface area contributed by atoms with Gasteiger partial charge in [-0.15, -0.1) is 0 Å². The molecule has 0 atom stereocenters.